The second kappa shape index (κ2) is 4.91. The molecular weight excluding hydrogens is 292 g/mol. The molecule has 0 aliphatic carbocycles. The molecule has 9 heteroatoms. The number of carboxylic acid groups (broad SMARTS) is 1. The second-order valence-corrected chi connectivity index (χ2v) is 6.90. The van der Waals surface area contributed by atoms with Gasteiger partial charge in [-0.15, -0.1) is 11.3 Å². The average molecular weight is 304 g/mol. The predicted molar refractivity (Wildman–Crippen MR) is 67.7 cm³/mol. The fourth-order valence-corrected chi connectivity index (χ4v) is 4.35. The Hall–Kier alpha value is -1.45. The van der Waals surface area contributed by atoms with Gasteiger partial charge in [0.15, 0.2) is 0 Å². The van der Waals surface area contributed by atoms with Crippen molar-refractivity contribution in [3.63, 3.8) is 0 Å². The molecule has 0 spiro atoms. The van der Waals surface area contributed by atoms with Gasteiger partial charge in [-0.25, -0.2) is 13.2 Å². The zero-order chi connectivity index (χ0) is 14.2. The first-order chi connectivity index (χ1) is 8.84. The van der Waals surface area contributed by atoms with Gasteiger partial charge in [0.2, 0.25) is 15.9 Å². The molecule has 7 nitrogen and oxygen atoms in total. The van der Waals surface area contributed by atoms with E-state index >= 15 is 0 Å². The molecule has 1 aliphatic heterocycles. The Labute approximate surface area is 114 Å². The summed E-state index contributed by atoms with van der Waals surface area (Å²) in [6, 6.07) is 1.26. The third-order valence-corrected chi connectivity index (χ3v) is 5.78. The number of hydrogen-bond donors (Lipinski definition) is 1. The second-order valence-electron chi connectivity index (χ2n) is 4.07. The molecule has 0 unspecified atom stereocenters. The van der Waals surface area contributed by atoms with Crippen LogP contribution >= 0.6 is 11.3 Å². The van der Waals surface area contributed by atoms with Gasteiger partial charge < -0.3 is 10.0 Å². The number of nitrogens with zero attached hydrogens (tertiary/aromatic N) is 2. The maximum atomic E-state index is 12.3. The predicted octanol–water partition coefficient (Wildman–Crippen LogP) is -0.0910. The zero-order valence-electron chi connectivity index (χ0n) is 10.1. The first-order valence-corrected chi connectivity index (χ1v) is 7.71. The van der Waals surface area contributed by atoms with E-state index in [2.05, 4.69) is 0 Å². The molecule has 0 aromatic carbocycles. The number of carbonyl (C=O) groups excluding carboxylic acids is 1. The van der Waals surface area contributed by atoms with Gasteiger partial charge in [0.25, 0.3) is 0 Å². The molecule has 2 rings (SSSR count). The SMILES string of the molecule is CN1CCN(S(=O)(=O)c2ccsc2C(=O)O)CC1=O. The minimum Gasteiger partial charge on any atom is -0.477 e. The quantitative estimate of drug-likeness (QED) is 0.842. The van der Waals surface area contributed by atoms with Gasteiger partial charge in [-0.3, -0.25) is 4.79 Å². The lowest BCUT2D eigenvalue weighted by Crippen LogP contribution is -2.50. The molecule has 1 saturated heterocycles. The summed E-state index contributed by atoms with van der Waals surface area (Å²) in [5.74, 6) is -1.59. The minimum atomic E-state index is -3.94. The molecule has 19 heavy (non-hydrogen) atoms. The lowest BCUT2D eigenvalue weighted by molar-refractivity contribution is -0.132. The van der Waals surface area contributed by atoms with Crippen molar-refractivity contribution in [2.45, 2.75) is 4.90 Å². The Morgan fingerprint density at radius 2 is 2.11 bits per heavy atom. The number of carbonyl (C=O) groups is 2. The smallest absolute Gasteiger partial charge is 0.347 e. The maximum Gasteiger partial charge on any atom is 0.347 e. The summed E-state index contributed by atoms with van der Waals surface area (Å²) >= 11 is 0.849. The van der Waals surface area contributed by atoms with Crippen molar-refractivity contribution in [3.8, 4) is 0 Å². The summed E-state index contributed by atoms with van der Waals surface area (Å²) in [6.07, 6.45) is 0. The largest absolute Gasteiger partial charge is 0.477 e. The van der Waals surface area contributed by atoms with Gasteiger partial charge in [0.1, 0.15) is 9.77 Å². The third-order valence-electron chi connectivity index (χ3n) is 2.86. The summed E-state index contributed by atoms with van der Waals surface area (Å²) in [7, 11) is -2.34. The van der Waals surface area contributed by atoms with E-state index in [-0.39, 0.29) is 28.8 Å². The molecule has 1 aliphatic rings. The number of amides is 1. The lowest BCUT2D eigenvalue weighted by Gasteiger charge is -2.31. The molecule has 1 aromatic rings. The number of carboxylic acids is 1. The highest BCUT2D eigenvalue weighted by Crippen LogP contribution is 2.25. The van der Waals surface area contributed by atoms with E-state index in [1.807, 2.05) is 0 Å². The molecule has 1 N–H and O–H groups in total. The lowest BCUT2D eigenvalue weighted by atomic mass is 10.4. The van der Waals surface area contributed by atoms with E-state index in [4.69, 9.17) is 5.11 Å². The Morgan fingerprint density at radius 1 is 1.42 bits per heavy atom. The summed E-state index contributed by atoms with van der Waals surface area (Å²) in [4.78, 5) is 23.5. The van der Waals surface area contributed by atoms with Gasteiger partial charge >= 0.3 is 5.97 Å². The van der Waals surface area contributed by atoms with Gasteiger partial charge in [-0.2, -0.15) is 4.31 Å². The maximum absolute atomic E-state index is 12.3. The number of thiophene rings is 1. The van der Waals surface area contributed by atoms with Gasteiger partial charge in [0.05, 0.1) is 6.54 Å². The standard InChI is InChI=1S/C10H12N2O5S2/c1-11-3-4-12(6-8(11)13)19(16,17)7-2-5-18-9(7)10(14)15/h2,5H,3-4,6H2,1H3,(H,14,15). The molecular formula is C10H12N2O5S2. The van der Waals surface area contributed by atoms with E-state index in [1.165, 1.54) is 16.3 Å². The van der Waals surface area contributed by atoms with Crippen LogP contribution in [0.15, 0.2) is 16.3 Å². The molecule has 0 bridgehead atoms. The van der Waals surface area contributed by atoms with Crippen LogP contribution < -0.4 is 0 Å². The summed E-state index contributed by atoms with van der Waals surface area (Å²) in [6.45, 7) is 0.206. The van der Waals surface area contributed by atoms with E-state index in [0.29, 0.717) is 6.54 Å². The molecule has 1 amide bonds. The Kier molecular flexibility index (Phi) is 3.61. The van der Waals surface area contributed by atoms with E-state index in [1.54, 1.807) is 7.05 Å². The number of piperazine rings is 1. The highest BCUT2D eigenvalue weighted by atomic mass is 32.2. The number of likely N-dealkylation sites (N-methyl/N-ethyl adjacent to an activating group) is 1. The van der Waals surface area contributed by atoms with E-state index < -0.39 is 16.0 Å². The van der Waals surface area contributed by atoms with Crippen molar-refractivity contribution < 1.29 is 23.1 Å². The van der Waals surface area contributed by atoms with Crippen LogP contribution in [0.2, 0.25) is 0 Å². The monoisotopic (exact) mass is 304 g/mol. The highest BCUT2D eigenvalue weighted by Gasteiger charge is 2.34. The summed E-state index contributed by atoms with van der Waals surface area (Å²) in [5, 5.41) is 10.4. The molecule has 2 heterocycles. The van der Waals surface area contributed by atoms with Crippen LogP contribution in [-0.4, -0.2) is 61.3 Å². The van der Waals surface area contributed by atoms with Gasteiger partial charge in [0, 0.05) is 20.1 Å². The van der Waals surface area contributed by atoms with Crippen molar-refractivity contribution in [1.82, 2.24) is 9.21 Å². The fraction of sp³-hybridized carbons (Fsp3) is 0.400. The first kappa shape index (κ1) is 14.0. The van der Waals surface area contributed by atoms with Crippen LogP contribution in [0.5, 0.6) is 0 Å². The van der Waals surface area contributed by atoms with Crippen LogP contribution in [0.4, 0.5) is 0 Å². The van der Waals surface area contributed by atoms with Gasteiger partial charge in [-0.1, -0.05) is 0 Å². The number of hydrogen-bond acceptors (Lipinski definition) is 5. The van der Waals surface area contributed by atoms with Crippen LogP contribution in [0.25, 0.3) is 0 Å². The van der Waals surface area contributed by atoms with Crippen molar-refractivity contribution in [3.05, 3.63) is 16.3 Å². The van der Waals surface area contributed by atoms with Gasteiger partial charge in [-0.05, 0) is 11.4 Å². The molecule has 0 atom stereocenters. The topological polar surface area (TPSA) is 95.0 Å². The first-order valence-electron chi connectivity index (χ1n) is 5.39. The molecule has 1 fully saturated rings. The normalized spacial score (nSPS) is 17.7. The fourth-order valence-electron chi connectivity index (χ4n) is 1.74. The molecule has 104 valence electrons. The Bertz CT molecular complexity index is 622. The van der Waals surface area contributed by atoms with Crippen LogP contribution in [0.1, 0.15) is 9.67 Å². The Balaban J connectivity index is 2.35. The minimum absolute atomic E-state index is 0.166. The van der Waals surface area contributed by atoms with Crippen molar-refractivity contribution >= 4 is 33.2 Å². The molecule has 1 aromatic heterocycles. The zero-order valence-corrected chi connectivity index (χ0v) is 11.7. The van der Waals surface area contributed by atoms with Crippen LogP contribution in [0, 0.1) is 0 Å². The van der Waals surface area contributed by atoms with E-state index in [9.17, 15) is 18.0 Å². The number of rotatable bonds is 3. The van der Waals surface area contributed by atoms with Crippen LogP contribution in [0.3, 0.4) is 0 Å². The number of sulfonamides is 1. The van der Waals surface area contributed by atoms with Crippen molar-refractivity contribution in [1.29, 1.82) is 0 Å². The van der Waals surface area contributed by atoms with E-state index in [0.717, 1.165) is 15.6 Å². The average Bonchev–Trinajstić information content (AvgIpc) is 2.82. The highest BCUT2D eigenvalue weighted by molar-refractivity contribution is 7.89. The van der Waals surface area contributed by atoms with Crippen molar-refractivity contribution in [2.24, 2.45) is 0 Å². The Morgan fingerprint density at radius 3 is 2.68 bits per heavy atom. The van der Waals surface area contributed by atoms with Crippen LogP contribution in [-0.2, 0) is 14.8 Å². The van der Waals surface area contributed by atoms with Crippen molar-refractivity contribution in [2.75, 3.05) is 26.7 Å². The molecule has 0 saturated carbocycles. The third kappa shape index (κ3) is 2.48. The molecule has 0 radical (unpaired) electrons. The summed E-state index contributed by atoms with van der Waals surface area (Å²) in [5.41, 5.74) is 0. The summed E-state index contributed by atoms with van der Waals surface area (Å²) < 4.78 is 25.7. The number of aromatic carboxylic acids is 1.